The third-order valence-corrected chi connectivity index (χ3v) is 3.53. The van der Waals surface area contributed by atoms with Gasteiger partial charge in [-0.25, -0.2) is 0 Å². The fourth-order valence-electron chi connectivity index (χ4n) is 1.67. The molecule has 1 rings (SSSR count). The molecule has 6 heteroatoms. The van der Waals surface area contributed by atoms with Crippen LogP contribution in [0.5, 0.6) is 0 Å². The predicted molar refractivity (Wildman–Crippen MR) is 70.1 cm³/mol. The number of hydrogen-bond acceptors (Lipinski definition) is 5. The second kappa shape index (κ2) is 5.57. The molecule has 0 aromatic carbocycles. The van der Waals surface area contributed by atoms with Crippen molar-refractivity contribution in [2.45, 2.75) is 20.4 Å². The molecule has 0 fully saturated rings. The molecule has 0 unspecified atom stereocenters. The lowest BCUT2D eigenvalue weighted by atomic mass is 9.93. The van der Waals surface area contributed by atoms with E-state index in [1.165, 1.54) is 11.3 Å². The Morgan fingerprint density at radius 2 is 2.18 bits per heavy atom. The van der Waals surface area contributed by atoms with Crippen LogP contribution >= 0.6 is 11.3 Å². The first kappa shape index (κ1) is 14.1. The SMILES string of the molecule is CN(Cc1ccc([N+](=O)[O-])s1)CC(C)(C)CN. The molecule has 0 saturated heterocycles. The van der Waals surface area contributed by atoms with Gasteiger partial charge in [0, 0.05) is 24.0 Å². The Bertz CT molecular complexity index is 390. The summed E-state index contributed by atoms with van der Waals surface area (Å²) in [6.45, 7) is 6.44. The quantitative estimate of drug-likeness (QED) is 0.625. The van der Waals surface area contributed by atoms with Crippen LogP contribution in [0, 0.1) is 15.5 Å². The summed E-state index contributed by atoms with van der Waals surface area (Å²) in [5.74, 6) is 0. The average Bonchev–Trinajstić information content (AvgIpc) is 2.65. The molecule has 0 bridgehead atoms. The van der Waals surface area contributed by atoms with Gasteiger partial charge in [-0.2, -0.15) is 0 Å². The zero-order chi connectivity index (χ0) is 13.1. The maximum atomic E-state index is 10.6. The smallest absolute Gasteiger partial charge is 0.324 e. The molecule has 0 radical (unpaired) electrons. The van der Waals surface area contributed by atoms with Crippen LogP contribution < -0.4 is 5.73 Å². The molecule has 0 saturated carbocycles. The van der Waals surface area contributed by atoms with Crippen molar-refractivity contribution in [3.8, 4) is 0 Å². The lowest BCUT2D eigenvalue weighted by molar-refractivity contribution is -0.380. The zero-order valence-corrected chi connectivity index (χ0v) is 11.3. The topological polar surface area (TPSA) is 72.4 Å². The highest BCUT2D eigenvalue weighted by atomic mass is 32.1. The fraction of sp³-hybridized carbons (Fsp3) is 0.636. The Kier molecular flexibility index (Phi) is 4.62. The first-order chi connectivity index (χ1) is 7.84. The Morgan fingerprint density at radius 3 is 2.65 bits per heavy atom. The highest BCUT2D eigenvalue weighted by molar-refractivity contribution is 7.15. The van der Waals surface area contributed by atoms with E-state index in [4.69, 9.17) is 5.73 Å². The largest absolute Gasteiger partial charge is 0.330 e. The number of nitrogens with two attached hydrogens (primary N) is 1. The van der Waals surface area contributed by atoms with Gasteiger partial charge in [0.25, 0.3) is 0 Å². The molecule has 0 aliphatic rings. The van der Waals surface area contributed by atoms with Gasteiger partial charge in [0.1, 0.15) is 0 Å². The Morgan fingerprint density at radius 1 is 1.53 bits per heavy atom. The second-order valence-corrected chi connectivity index (χ2v) is 6.18. The van der Waals surface area contributed by atoms with E-state index in [2.05, 4.69) is 18.7 Å². The van der Waals surface area contributed by atoms with Gasteiger partial charge in [-0.15, -0.1) is 0 Å². The van der Waals surface area contributed by atoms with Crippen LogP contribution in [-0.2, 0) is 6.54 Å². The second-order valence-electron chi connectivity index (χ2n) is 5.04. The molecular formula is C11H19N3O2S. The molecule has 5 nitrogen and oxygen atoms in total. The molecular weight excluding hydrogens is 238 g/mol. The van der Waals surface area contributed by atoms with E-state index in [1.54, 1.807) is 6.07 Å². The van der Waals surface area contributed by atoms with Crippen LogP contribution in [0.3, 0.4) is 0 Å². The minimum Gasteiger partial charge on any atom is -0.330 e. The number of rotatable bonds is 6. The van der Waals surface area contributed by atoms with Gasteiger partial charge in [-0.1, -0.05) is 25.2 Å². The molecule has 96 valence electrons. The summed E-state index contributed by atoms with van der Waals surface area (Å²) >= 11 is 1.23. The molecule has 1 heterocycles. The third kappa shape index (κ3) is 4.41. The van der Waals surface area contributed by atoms with E-state index >= 15 is 0 Å². The Hall–Kier alpha value is -0.980. The summed E-state index contributed by atoms with van der Waals surface area (Å²) in [4.78, 5) is 13.4. The van der Waals surface area contributed by atoms with E-state index in [9.17, 15) is 10.1 Å². The van der Waals surface area contributed by atoms with Crippen LogP contribution in [0.2, 0.25) is 0 Å². The minimum absolute atomic E-state index is 0.0674. The van der Waals surface area contributed by atoms with Gasteiger partial charge < -0.3 is 10.6 Å². The molecule has 0 spiro atoms. The summed E-state index contributed by atoms with van der Waals surface area (Å²) < 4.78 is 0. The van der Waals surface area contributed by atoms with Crippen LogP contribution in [-0.4, -0.2) is 30.0 Å². The number of hydrogen-bond donors (Lipinski definition) is 1. The molecule has 0 aliphatic heterocycles. The fourth-order valence-corrected chi connectivity index (χ4v) is 2.57. The third-order valence-electron chi connectivity index (χ3n) is 2.50. The van der Waals surface area contributed by atoms with Crippen molar-refractivity contribution >= 4 is 16.3 Å². The monoisotopic (exact) mass is 257 g/mol. The van der Waals surface area contributed by atoms with Crippen LogP contribution in [0.25, 0.3) is 0 Å². The number of nitrogens with zero attached hydrogens (tertiary/aromatic N) is 2. The summed E-state index contributed by atoms with van der Waals surface area (Å²) in [5, 5.41) is 10.8. The van der Waals surface area contributed by atoms with Crippen molar-refractivity contribution in [1.29, 1.82) is 0 Å². The summed E-state index contributed by atoms with van der Waals surface area (Å²) in [7, 11) is 2.00. The van der Waals surface area contributed by atoms with Gasteiger partial charge in [0.05, 0.1) is 4.92 Å². The highest BCUT2D eigenvalue weighted by Gasteiger charge is 2.19. The van der Waals surface area contributed by atoms with Crippen molar-refractivity contribution in [1.82, 2.24) is 4.90 Å². The molecule has 2 N–H and O–H groups in total. The van der Waals surface area contributed by atoms with E-state index in [0.29, 0.717) is 6.54 Å². The molecule has 0 amide bonds. The average molecular weight is 257 g/mol. The molecule has 0 atom stereocenters. The molecule has 17 heavy (non-hydrogen) atoms. The Labute approximate surface area is 105 Å². The first-order valence-corrected chi connectivity index (χ1v) is 6.27. The summed E-state index contributed by atoms with van der Waals surface area (Å²) in [5.41, 5.74) is 5.75. The van der Waals surface area contributed by atoms with Crippen molar-refractivity contribution in [2.75, 3.05) is 20.1 Å². The lowest BCUT2D eigenvalue weighted by Crippen LogP contribution is -2.36. The van der Waals surface area contributed by atoms with Crippen molar-refractivity contribution in [3.05, 3.63) is 27.1 Å². The highest BCUT2D eigenvalue weighted by Crippen LogP contribution is 2.25. The van der Waals surface area contributed by atoms with E-state index < -0.39 is 0 Å². The Balaban J connectivity index is 2.56. The molecule has 1 aromatic rings. The normalized spacial score (nSPS) is 12.1. The molecule has 1 aromatic heterocycles. The summed E-state index contributed by atoms with van der Waals surface area (Å²) in [6, 6.07) is 3.37. The maximum absolute atomic E-state index is 10.6. The van der Waals surface area contributed by atoms with E-state index in [0.717, 1.165) is 18.0 Å². The standard InChI is InChI=1S/C11H19N3O2S/c1-11(2,7-12)8-13(3)6-9-4-5-10(17-9)14(15)16/h4-5H,6-8,12H2,1-3H3. The van der Waals surface area contributed by atoms with Crippen molar-refractivity contribution < 1.29 is 4.92 Å². The maximum Gasteiger partial charge on any atom is 0.324 e. The van der Waals surface area contributed by atoms with Crippen LogP contribution in [0.1, 0.15) is 18.7 Å². The number of thiophene rings is 1. The van der Waals surface area contributed by atoms with Gasteiger partial charge >= 0.3 is 5.00 Å². The van der Waals surface area contributed by atoms with Gasteiger partial charge in [0.2, 0.25) is 0 Å². The van der Waals surface area contributed by atoms with E-state index in [-0.39, 0.29) is 15.3 Å². The lowest BCUT2D eigenvalue weighted by Gasteiger charge is -2.28. The predicted octanol–water partition coefficient (Wildman–Crippen LogP) is 2.07. The zero-order valence-electron chi connectivity index (χ0n) is 10.5. The molecule has 0 aliphatic carbocycles. The first-order valence-electron chi connectivity index (χ1n) is 5.46. The van der Waals surface area contributed by atoms with E-state index in [1.807, 2.05) is 13.1 Å². The minimum atomic E-state index is -0.349. The van der Waals surface area contributed by atoms with Crippen LogP contribution in [0.4, 0.5) is 5.00 Å². The van der Waals surface area contributed by atoms with Crippen molar-refractivity contribution in [3.63, 3.8) is 0 Å². The van der Waals surface area contributed by atoms with Gasteiger partial charge in [0.15, 0.2) is 0 Å². The number of nitro groups is 1. The van der Waals surface area contributed by atoms with Crippen molar-refractivity contribution in [2.24, 2.45) is 11.1 Å². The van der Waals surface area contributed by atoms with Crippen LogP contribution in [0.15, 0.2) is 12.1 Å². The summed E-state index contributed by atoms with van der Waals surface area (Å²) in [6.07, 6.45) is 0. The van der Waals surface area contributed by atoms with Gasteiger partial charge in [-0.3, -0.25) is 10.1 Å². The van der Waals surface area contributed by atoms with Gasteiger partial charge in [-0.05, 0) is 25.1 Å².